The maximum Gasteiger partial charge on any atom is 0.303 e. The van der Waals surface area contributed by atoms with E-state index in [1.165, 1.54) is 5.56 Å². The van der Waals surface area contributed by atoms with Gasteiger partial charge in [-0.1, -0.05) is 42.5 Å². The second kappa shape index (κ2) is 12.8. The van der Waals surface area contributed by atoms with Gasteiger partial charge in [0.25, 0.3) is 0 Å². The molecule has 1 aliphatic carbocycles. The molecule has 1 saturated carbocycles. The molecule has 0 radical (unpaired) electrons. The first kappa shape index (κ1) is 23.6. The normalized spacial score (nSPS) is 25.5. The summed E-state index contributed by atoms with van der Waals surface area (Å²) in [5.74, 6) is -0.787. The van der Waals surface area contributed by atoms with E-state index in [-0.39, 0.29) is 24.4 Å². The van der Waals surface area contributed by atoms with Gasteiger partial charge in [0.05, 0.1) is 18.3 Å². The molecule has 1 aromatic carbocycles. The Bertz CT molecular complexity index is 615. The molecule has 0 spiro atoms. The van der Waals surface area contributed by atoms with Crippen LogP contribution in [0.1, 0.15) is 63.4 Å². The topological polar surface area (TPSA) is 98.0 Å². The lowest BCUT2D eigenvalue weighted by Crippen LogP contribution is -2.23. The third-order valence-electron chi connectivity index (χ3n) is 6.04. The maximum absolute atomic E-state index is 10.5. The summed E-state index contributed by atoms with van der Waals surface area (Å²) in [6, 6.07) is 10.3. The number of aliphatic hydroxyl groups is 3. The van der Waals surface area contributed by atoms with Crippen molar-refractivity contribution in [3.63, 3.8) is 0 Å². The van der Waals surface area contributed by atoms with E-state index in [4.69, 9.17) is 5.11 Å². The number of aliphatic hydroxyl groups excluding tert-OH is 3. The molecule has 0 aromatic heterocycles. The average molecular weight is 405 g/mol. The first-order chi connectivity index (χ1) is 14.0. The number of carboxylic acids is 1. The minimum Gasteiger partial charge on any atom is -0.481 e. The monoisotopic (exact) mass is 404 g/mol. The van der Waals surface area contributed by atoms with Crippen LogP contribution in [0.25, 0.3) is 0 Å². The summed E-state index contributed by atoms with van der Waals surface area (Å²) in [6.45, 7) is 0. The Labute approximate surface area is 174 Å². The third kappa shape index (κ3) is 8.69. The minimum absolute atomic E-state index is 0.00237. The zero-order valence-electron chi connectivity index (χ0n) is 17.2. The number of hydrogen-bond acceptors (Lipinski definition) is 4. The Morgan fingerprint density at radius 2 is 1.76 bits per heavy atom. The van der Waals surface area contributed by atoms with Crippen LogP contribution in [0.5, 0.6) is 0 Å². The quantitative estimate of drug-likeness (QED) is 0.297. The number of carbonyl (C=O) groups is 1. The molecule has 0 heterocycles. The Balaban J connectivity index is 1.70. The minimum atomic E-state index is -0.782. The fourth-order valence-electron chi connectivity index (χ4n) is 4.36. The molecule has 0 bridgehead atoms. The molecule has 0 aliphatic heterocycles. The van der Waals surface area contributed by atoms with Crippen molar-refractivity contribution in [1.82, 2.24) is 0 Å². The lowest BCUT2D eigenvalue weighted by atomic mass is 9.85. The fraction of sp³-hybridized carbons (Fsp3) is 0.625. The first-order valence-corrected chi connectivity index (χ1v) is 10.9. The molecule has 0 unspecified atom stereocenters. The van der Waals surface area contributed by atoms with Crippen molar-refractivity contribution < 1.29 is 25.2 Å². The first-order valence-electron chi connectivity index (χ1n) is 10.9. The molecule has 4 N–H and O–H groups in total. The van der Waals surface area contributed by atoms with Gasteiger partial charge in [-0.05, 0) is 75.2 Å². The van der Waals surface area contributed by atoms with Crippen molar-refractivity contribution in [3.8, 4) is 0 Å². The Morgan fingerprint density at radius 1 is 1.03 bits per heavy atom. The van der Waals surface area contributed by atoms with Crippen molar-refractivity contribution >= 4 is 5.97 Å². The highest BCUT2D eigenvalue weighted by molar-refractivity contribution is 5.66. The number of aliphatic carboxylic acids is 1. The van der Waals surface area contributed by atoms with Crippen molar-refractivity contribution in [2.45, 2.75) is 82.5 Å². The zero-order chi connectivity index (χ0) is 21.1. The summed E-state index contributed by atoms with van der Waals surface area (Å²) < 4.78 is 0. The van der Waals surface area contributed by atoms with Crippen LogP contribution in [0.3, 0.4) is 0 Å². The van der Waals surface area contributed by atoms with Crippen LogP contribution in [0.4, 0.5) is 0 Å². The highest BCUT2D eigenvalue weighted by atomic mass is 16.4. The Morgan fingerprint density at radius 3 is 2.48 bits per heavy atom. The van der Waals surface area contributed by atoms with Crippen LogP contribution in [0.15, 0.2) is 42.5 Å². The fourth-order valence-corrected chi connectivity index (χ4v) is 4.36. The van der Waals surface area contributed by atoms with Crippen molar-refractivity contribution in [2.75, 3.05) is 0 Å². The number of carboxylic acid groups (broad SMARTS) is 1. The van der Waals surface area contributed by atoms with Gasteiger partial charge in [-0.15, -0.1) is 0 Å². The standard InChI is InChI=1S/C24H36O5/c25-19(12-8-11-18-9-4-3-5-10-18)15-16-21-20(22(26)17-23(21)27)13-6-1-2-7-14-24(28)29/h1,3-6,9-10,19-23,25-27H,2,7-8,11-17H2,(H,28,29)/b6-1-/t19-,20+,21+,22-,23+/m0/s1. The van der Waals surface area contributed by atoms with E-state index in [0.717, 1.165) is 19.3 Å². The Kier molecular flexibility index (Phi) is 10.4. The third-order valence-corrected chi connectivity index (χ3v) is 6.04. The van der Waals surface area contributed by atoms with E-state index in [9.17, 15) is 20.1 Å². The van der Waals surface area contributed by atoms with Gasteiger partial charge in [-0.25, -0.2) is 0 Å². The van der Waals surface area contributed by atoms with E-state index in [1.54, 1.807) is 0 Å². The largest absolute Gasteiger partial charge is 0.481 e. The van der Waals surface area contributed by atoms with Crippen molar-refractivity contribution in [2.24, 2.45) is 11.8 Å². The molecule has 5 nitrogen and oxygen atoms in total. The zero-order valence-corrected chi connectivity index (χ0v) is 17.2. The molecule has 2 rings (SSSR count). The second-order valence-electron chi connectivity index (χ2n) is 8.30. The van der Waals surface area contributed by atoms with E-state index in [0.29, 0.717) is 38.5 Å². The molecule has 0 saturated heterocycles. The molecule has 162 valence electrons. The van der Waals surface area contributed by atoms with E-state index >= 15 is 0 Å². The molecule has 1 aromatic rings. The van der Waals surface area contributed by atoms with Crippen LogP contribution in [-0.4, -0.2) is 44.7 Å². The number of hydrogen-bond donors (Lipinski definition) is 4. The highest BCUT2D eigenvalue weighted by Crippen LogP contribution is 2.38. The number of rotatable bonds is 13. The maximum atomic E-state index is 10.5. The lowest BCUT2D eigenvalue weighted by Gasteiger charge is -2.23. The van der Waals surface area contributed by atoms with Gasteiger partial charge in [-0.2, -0.15) is 0 Å². The molecule has 1 aliphatic rings. The van der Waals surface area contributed by atoms with E-state index in [2.05, 4.69) is 12.1 Å². The molecule has 0 amide bonds. The molecular weight excluding hydrogens is 368 g/mol. The van der Waals surface area contributed by atoms with Gasteiger partial charge in [0.15, 0.2) is 0 Å². The summed E-state index contributed by atoms with van der Waals surface area (Å²) in [5.41, 5.74) is 1.28. The van der Waals surface area contributed by atoms with Crippen LogP contribution >= 0.6 is 0 Å². The summed E-state index contributed by atoms with van der Waals surface area (Å²) in [6.07, 6.45) is 9.10. The summed E-state index contributed by atoms with van der Waals surface area (Å²) in [5, 5.41) is 39.6. The van der Waals surface area contributed by atoms with E-state index in [1.807, 2.05) is 30.4 Å². The van der Waals surface area contributed by atoms with Crippen LogP contribution in [0.2, 0.25) is 0 Å². The van der Waals surface area contributed by atoms with Crippen LogP contribution in [0, 0.1) is 11.8 Å². The smallest absolute Gasteiger partial charge is 0.303 e. The number of unbranched alkanes of at least 4 members (excludes halogenated alkanes) is 1. The SMILES string of the molecule is O=C(O)CCC/C=C\C[C@@H]1[C@@H](CC[C@@H](O)CCCc2ccccc2)[C@H](O)C[C@@H]1O. The van der Waals surface area contributed by atoms with Gasteiger partial charge >= 0.3 is 5.97 Å². The molecule has 29 heavy (non-hydrogen) atoms. The molecule has 5 atom stereocenters. The number of benzene rings is 1. The predicted octanol–water partition coefficient (Wildman–Crippen LogP) is 3.71. The molecule has 1 fully saturated rings. The summed E-state index contributed by atoms with van der Waals surface area (Å²) in [4.78, 5) is 10.5. The van der Waals surface area contributed by atoms with Gasteiger partial charge in [-0.3, -0.25) is 4.79 Å². The van der Waals surface area contributed by atoms with Gasteiger partial charge in [0.2, 0.25) is 0 Å². The molecule has 5 heteroatoms. The molecular formula is C24H36O5. The number of aryl methyl sites for hydroxylation is 1. The van der Waals surface area contributed by atoms with Gasteiger partial charge in [0, 0.05) is 6.42 Å². The van der Waals surface area contributed by atoms with Crippen LogP contribution < -0.4 is 0 Å². The summed E-state index contributed by atoms with van der Waals surface area (Å²) in [7, 11) is 0. The highest BCUT2D eigenvalue weighted by Gasteiger charge is 2.40. The second-order valence-corrected chi connectivity index (χ2v) is 8.30. The summed E-state index contributed by atoms with van der Waals surface area (Å²) >= 11 is 0. The number of allylic oxidation sites excluding steroid dienone is 2. The average Bonchev–Trinajstić information content (AvgIpc) is 2.96. The lowest BCUT2D eigenvalue weighted by molar-refractivity contribution is -0.137. The predicted molar refractivity (Wildman–Crippen MR) is 113 cm³/mol. The van der Waals surface area contributed by atoms with Crippen molar-refractivity contribution in [1.29, 1.82) is 0 Å². The Hall–Kier alpha value is -1.69. The van der Waals surface area contributed by atoms with Crippen molar-refractivity contribution in [3.05, 3.63) is 48.0 Å². The van der Waals surface area contributed by atoms with Gasteiger partial charge < -0.3 is 20.4 Å². The van der Waals surface area contributed by atoms with Crippen LogP contribution in [-0.2, 0) is 11.2 Å². The van der Waals surface area contributed by atoms with E-state index < -0.39 is 18.2 Å². The van der Waals surface area contributed by atoms with Gasteiger partial charge in [0.1, 0.15) is 0 Å².